The highest BCUT2D eigenvalue weighted by atomic mass is 79.9. The van der Waals surface area contributed by atoms with Crippen LogP contribution in [0.2, 0.25) is 0 Å². The highest BCUT2D eigenvalue weighted by Crippen LogP contribution is 2.53. The van der Waals surface area contributed by atoms with Crippen molar-refractivity contribution in [3.63, 3.8) is 0 Å². The molecule has 2 aromatic carbocycles. The largest absolute Gasteiger partial charge is 0.271 e. The lowest BCUT2D eigenvalue weighted by Gasteiger charge is -2.17. The van der Waals surface area contributed by atoms with Crippen LogP contribution in [-0.2, 0) is 0 Å². The topological polar surface area (TPSA) is 38.0 Å². The Morgan fingerprint density at radius 1 is 1.11 bits per heavy atom. The van der Waals surface area contributed by atoms with E-state index < -0.39 is 0 Å². The van der Waals surface area contributed by atoms with E-state index in [0.29, 0.717) is 11.8 Å². The van der Waals surface area contributed by atoms with Crippen molar-refractivity contribution in [2.45, 2.75) is 18.4 Å². The zero-order valence-electron chi connectivity index (χ0n) is 10.6. The molecule has 0 saturated heterocycles. The van der Waals surface area contributed by atoms with Crippen molar-refractivity contribution in [1.82, 2.24) is 5.43 Å². The SMILES string of the molecule is NNC(c1cccc(Br)c1)C1CC1c1ccccc1. The predicted molar refractivity (Wildman–Crippen MR) is 81.5 cm³/mol. The van der Waals surface area contributed by atoms with E-state index in [1.54, 1.807) is 0 Å². The van der Waals surface area contributed by atoms with E-state index in [1.165, 1.54) is 17.5 Å². The predicted octanol–water partition coefficient (Wildman–Crippen LogP) is 3.76. The molecule has 0 amide bonds. The van der Waals surface area contributed by atoms with E-state index in [0.717, 1.165) is 4.47 Å². The van der Waals surface area contributed by atoms with Gasteiger partial charge < -0.3 is 0 Å². The van der Waals surface area contributed by atoms with Gasteiger partial charge in [-0.05, 0) is 41.5 Å². The number of benzene rings is 2. The molecule has 0 heterocycles. The maximum absolute atomic E-state index is 5.77. The van der Waals surface area contributed by atoms with Crippen LogP contribution in [0.5, 0.6) is 0 Å². The monoisotopic (exact) mass is 316 g/mol. The lowest BCUT2D eigenvalue weighted by molar-refractivity contribution is 0.487. The average molecular weight is 317 g/mol. The molecule has 1 fully saturated rings. The molecule has 98 valence electrons. The minimum atomic E-state index is 0.225. The van der Waals surface area contributed by atoms with Gasteiger partial charge in [0, 0.05) is 10.5 Å². The van der Waals surface area contributed by atoms with Gasteiger partial charge in [0.15, 0.2) is 0 Å². The van der Waals surface area contributed by atoms with Crippen LogP contribution < -0.4 is 11.3 Å². The second kappa shape index (κ2) is 5.45. The molecule has 1 saturated carbocycles. The van der Waals surface area contributed by atoms with E-state index in [4.69, 9.17) is 5.84 Å². The fraction of sp³-hybridized carbons (Fsp3) is 0.250. The van der Waals surface area contributed by atoms with Crippen LogP contribution in [0.4, 0.5) is 0 Å². The van der Waals surface area contributed by atoms with Crippen molar-refractivity contribution in [3.05, 3.63) is 70.2 Å². The Bertz CT molecular complexity index is 556. The van der Waals surface area contributed by atoms with Gasteiger partial charge in [0.05, 0.1) is 0 Å². The van der Waals surface area contributed by atoms with Crippen LogP contribution in [0.1, 0.15) is 29.5 Å². The molecule has 0 aromatic heterocycles. The third-order valence-electron chi connectivity index (χ3n) is 3.88. The Morgan fingerprint density at radius 2 is 1.89 bits per heavy atom. The Labute approximate surface area is 122 Å². The quantitative estimate of drug-likeness (QED) is 0.666. The van der Waals surface area contributed by atoms with Gasteiger partial charge in [0.2, 0.25) is 0 Å². The van der Waals surface area contributed by atoms with E-state index >= 15 is 0 Å². The standard InChI is InChI=1S/C16H17BrN2/c17-13-8-4-7-12(9-13)16(19-18)15-10-14(15)11-5-2-1-3-6-11/h1-9,14-16,19H,10,18H2. The molecule has 3 heteroatoms. The molecule has 2 aromatic rings. The maximum Gasteiger partial charge on any atom is 0.0494 e. The lowest BCUT2D eigenvalue weighted by atomic mass is 9.99. The van der Waals surface area contributed by atoms with Gasteiger partial charge >= 0.3 is 0 Å². The fourth-order valence-corrected chi connectivity index (χ4v) is 3.25. The van der Waals surface area contributed by atoms with Crippen LogP contribution in [0.15, 0.2) is 59.1 Å². The van der Waals surface area contributed by atoms with Crippen molar-refractivity contribution in [1.29, 1.82) is 0 Å². The number of hydrazine groups is 1. The Kier molecular flexibility index (Phi) is 3.69. The van der Waals surface area contributed by atoms with E-state index in [1.807, 2.05) is 6.07 Å². The molecule has 3 unspecified atom stereocenters. The summed E-state index contributed by atoms with van der Waals surface area (Å²) in [6, 6.07) is 19.3. The first-order chi connectivity index (χ1) is 9.29. The molecule has 19 heavy (non-hydrogen) atoms. The third kappa shape index (κ3) is 2.73. The number of hydrogen-bond donors (Lipinski definition) is 2. The number of nitrogens with two attached hydrogens (primary N) is 1. The van der Waals surface area contributed by atoms with Gasteiger partial charge in [0.1, 0.15) is 0 Å². The second-order valence-electron chi connectivity index (χ2n) is 5.12. The summed E-state index contributed by atoms with van der Waals surface area (Å²) in [5.41, 5.74) is 5.66. The number of rotatable bonds is 4. The minimum Gasteiger partial charge on any atom is -0.271 e. The summed E-state index contributed by atoms with van der Waals surface area (Å²) in [5.74, 6) is 6.98. The maximum atomic E-state index is 5.77. The summed E-state index contributed by atoms with van der Waals surface area (Å²) in [7, 11) is 0. The first-order valence-electron chi connectivity index (χ1n) is 6.56. The van der Waals surface area contributed by atoms with Crippen LogP contribution >= 0.6 is 15.9 Å². The van der Waals surface area contributed by atoms with Gasteiger partial charge in [-0.3, -0.25) is 11.3 Å². The highest BCUT2D eigenvalue weighted by Gasteiger charge is 2.43. The molecule has 1 aliphatic rings. The zero-order chi connectivity index (χ0) is 13.2. The summed E-state index contributed by atoms with van der Waals surface area (Å²) < 4.78 is 1.10. The Hall–Kier alpha value is -1.16. The first kappa shape index (κ1) is 12.9. The van der Waals surface area contributed by atoms with Crippen LogP contribution in [0, 0.1) is 5.92 Å². The van der Waals surface area contributed by atoms with Crippen LogP contribution in [0.3, 0.4) is 0 Å². The molecule has 2 nitrogen and oxygen atoms in total. The molecular formula is C16H17BrN2. The van der Waals surface area contributed by atoms with Gasteiger partial charge in [-0.25, -0.2) is 0 Å². The number of halogens is 1. The molecule has 3 rings (SSSR count). The van der Waals surface area contributed by atoms with E-state index in [-0.39, 0.29) is 6.04 Å². The summed E-state index contributed by atoms with van der Waals surface area (Å²) >= 11 is 3.52. The van der Waals surface area contributed by atoms with Crippen molar-refractivity contribution in [2.24, 2.45) is 11.8 Å². The lowest BCUT2D eigenvalue weighted by Crippen LogP contribution is -2.29. The zero-order valence-corrected chi connectivity index (χ0v) is 12.2. The van der Waals surface area contributed by atoms with Crippen molar-refractivity contribution < 1.29 is 0 Å². The minimum absolute atomic E-state index is 0.225. The normalized spacial score (nSPS) is 23.1. The average Bonchev–Trinajstić information content (AvgIpc) is 3.21. The van der Waals surface area contributed by atoms with Crippen LogP contribution in [-0.4, -0.2) is 0 Å². The Morgan fingerprint density at radius 3 is 2.58 bits per heavy atom. The smallest absolute Gasteiger partial charge is 0.0494 e. The number of hydrogen-bond acceptors (Lipinski definition) is 2. The van der Waals surface area contributed by atoms with E-state index in [2.05, 4.69) is 69.9 Å². The van der Waals surface area contributed by atoms with Gasteiger partial charge in [-0.15, -0.1) is 0 Å². The van der Waals surface area contributed by atoms with Crippen molar-refractivity contribution in [3.8, 4) is 0 Å². The number of nitrogens with one attached hydrogen (secondary N) is 1. The molecule has 3 N–H and O–H groups in total. The summed E-state index contributed by atoms with van der Waals surface area (Å²) in [6.45, 7) is 0. The van der Waals surface area contributed by atoms with Gasteiger partial charge in [-0.2, -0.15) is 0 Å². The highest BCUT2D eigenvalue weighted by molar-refractivity contribution is 9.10. The second-order valence-corrected chi connectivity index (χ2v) is 6.03. The molecule has 0 aliphatic heterocycles. The summed E-state index contributed by atoms with van der Waals surface area (Å²) in [5, 5.41) is 0. The first-order valence-corrected chi connectivity index (χ1v) is 7.35. The third-order valence-corrected chi connectivity index (χ3v) is 4.38. The summed E-state index contributed by atoms with van der Waals surface area (Å²) in [4.78, 5) is 0. The molecule has 0 spiro atoms. The van der Waals surface area contributed by atoms with E-state index in [9.17, 15) is 0 Å². The van der Waals surface area contributed by atoms with Gasteiger partial charge in [0.25, 0.3) is 0 Å². The summed E-state index contributed by atoms with van der Waals surface area (Å²) in [6.07, 6.45) is 1.20. The molecule has 3 atom stereocenters. The van der Waals surface area contributed by atoms with Crippen LogP contribution in [0.25, 0.3) is 0 Å². The Balaban J connectivity index is 1.79. The molecule has 0 radical (unpaired) electrons. The van der Waals surface area contributed by atoms with Crippen molar-refractivity contribution >= 4 is 15.9 Å². The molecule has 0 bridgehead atoms. The molecular weight excluding hydrogens is 300 g/mol. The van der Waals surface area contributed by atoms with Gasteiger partial charge in [-0.1, -0.05) is 58.4 Å². The molecule has 1 aliphatic carbocycles. The fourth-order valence-electron chi connectivity index (χ4n) is 2.83. The van der Waals surface area contributed by atoms with Crippen molar-refractivity contribution in [2.75, 3.05) is 0 Å².